The molecule has 1 heterocycles. The molecule has 0 amide bonds. The van der Waals surface area contributed by atoms with E-state index in [1.165, 1.54) is 0 Å². The molecule has 7 atom stereocenters. The van der Waals surface area contributed by atoms with Gasteiger partial charge >= 0.3 is 0 Å². The summed E-state index contributed by atoms with van der Waals surface area (Å²) < 4.78 is 0. The first-order chi connectivity index (χ1) is 17.6. The highest BCUT2D eigenvalue weighted by Crippen LogP contribution is 2.67. The maximum Gasteiger partial charge on any atom is 0.280 e. The molecule has 0 aliphatic heterocycles. The molecule has 3 N–H and O–H groups in total. The Bertz CT molecular complexity index is 1430. The number of carbonyl (C=O) groups excluding carboxylic acids is 2. The van der Waals surface area contributed by atoms with Gasteiger partial charge in [-0.15, -0.1) is 0 Å². The number of aliphatic hydroxyl groups is 2. The Kier molecular flexibility index (Phi) is 5.68. The number of nitrogens with one attached hydrogen (secondary N) is 1. The van der Waals surface area contributed by atoms with Crippen LogP contribution >= 0.6 is 11.8 Å². The minimum atomic E-state index is -1.57. The second-order valence-electron chi connectivity index (χ2n) is 11.7. The molecule has 194 valence electrons. The van der Waals surface area contributed by atoms with Crippen molar-refractivity contribution in [3.63, 3.8) is 0 Å². The van der Waals surface area contributed by atoms with E-state index in [0.717, 1.165) is 30.2 Å². The Labute approximate surface area is 219 Å². The van der Waals surface area contributed by atoms with E-state index < -0.39 is 17.1 Å². The molecule has 4 aliphatic carbocycles. The molecule has 3 fully saturated rings. The molecule has 2 aromatic rings. The molecule has 1 aromatic heterocycles. The molecular weight excluding hydrogens is 488 g/mol. The number of ketones is 2. The van der Waals surface area contributed by atoms with Gasteiger partial charge in [0.15, 0.2) is 16.6 Å². The standard InChI is InChI=1S/C29H32N2O5S/c1-27-11-9-17(32)13-16(27)7-8-18-19-10-12-29(36,28(19,2)14-22(33)24(18)27)23(34)15-37-26-25(35)30-20-5-3-4-6-21(20)31-26/h3-6,9,11,13,18-19,22,24,33,36H,7-8,10,12,14-15H2,1-2H3,(H,30,35)/t18?,19?,22-,24?,27?,28?,29-/m0/s1. The fourth-order valence-corrected chi connectivity index (χ4v) is 9.00. The van der Waals surface area contributed by atoms with E-state index in [0.29, 0.717) is 30.3 Å². The average Bonchev–Trinajstić information content (AvgIpc) is 3.13. The van der Waals surface area contributed by atoms with Gasteiger partial charge < -0.3 is 15.2 Å². The number of H-pyrrole nitrogens is 1. The highest BCUT2D eigenvalue weighted by Gasteiger charge is 2.68. The number of hydrogen-bond donors (Lipinski definition) is 3. The van der Waals surface area contributed by atoms with E-state index in [9.17, 15) is 24.6 Å². The first kappa shape index (κ1) is 24.8. The number of rotatable bonds is 4. The fourth-order valence-electron chi connectivity index (χ4n) is 8.15. The van der Waals surface area contributed by atoms with E-state index in [4.69, 9.17) is 0 Å². The summed E-state index contributed by atoms with van der Waals surface area (Å²) in [6, 6.07) is 7.23. The van der Waals surface area contributed by atoms with Crippen LogP contribution in [0.2, 0.25) is 0 Å². The van der Waals surface area contributed by atoms with Gasteiger partial charge in [0, 0.05) is 16.7 Å². The molecular formula is C29H32N2O5S. The molecule has 37 heavy (non-hydrogen) atoms. The molecule has 7 nitrogen and oxygen atoms in total. The summed E-state index contributed by atoms with van der Waals surface area (Å²) in [4.78, 5) is 45.4. The van der Waals surface area contributed by atoms with Crippen molar-refractivity contribution in [2.75, 3.05) is 5.75 Å². The number of para-hydroxylation sites is 2. The van der Waals surface area contributed by atoms with Gasteiger partial charge in [0.1, 0.15) is 5.60 Å². The molecule has 0 spiro atoms. The highest BCUT2D eigenvalue weighted by atomic mass is 32.2. The number of benzene rings is 1. The zero-order valence-corrected chi connectivity index (χ0v) is 21.9. The number of aromatic amines is 1. The lowest BCUT2D eigenvalue weighted by Crippen LogP contribution is -2.61. The van der Waals surface area contributed by atoms with Gasteiger partial charge in [0.25, 0.3) is 5.56 Å². The van der Waals surface area contributed by atoms with Crippen LogP contribution in [-0.4, -0.2) is 49.2 Å². The van der Waals surface area contributed by atoms with Crippen molar-refractivity contribution in [2.24, 2.45) is 28.6 Å². The molecule has 3 saturated carbocycles. The summed E-state index contributed by atoms with van der Waals surface area (Å²) in [5.41, 5.74) is -0.722. The molecule has 4 aliphatic rings. The first-order valence-corrected chi connectivity index (χ1v) is 14.1. The molecule has 8 heteroatoms. The molecule has 0 saturated heterocycles. The van der Waals surface area contributed by atoms with Gasteiger partial charge in [0.05, 0.1) is 22.9 Å². The van der Waals surface area contributed by atoms with Crippen molar-refractivity contribution in [2.45, 2.75) is 62.7 Å². The van der Waals surface area contributed by atoms with Crippen LogP contribution in [0, 0.1) is 28.6 Å². The number of aliphatic hydroxyl groups excluding tert-OH is 1. The topological polar surface area (TPSA) is 120 Å². The van der Waals surface area contributed by atoms with Crippen LogP contribution in [0.3, 0.4) is 0 Å². The summed E-state index contributed by atoms with van der Waals surface area (Å²) in [6.45, 7) is 4.07. The Hall–Kier alpha value is -2.55. The maximum atomic E-state index is 13.6. The minimum absolute atomic E-state index is 0.000795. The van der Waals surface area contributed by atoms with E-state index in [1.54, 1.807) is 24.3 Å². The summed E-state index contributed by atoms with van der Waals surface area (Å²) >= 11 is 1.06. The maximum absolute atomic E-state index is 13.6. The van der Waals surface area contributed by atoms with Gasteiger partial charge in [0.2, 0.25) is 0 Å². The van der Waals surface area contributed by atoms with E-state index in [1.807, 2.05) is 25.1 Å². The Morgan fingerprint density at radius 1 is 1.22 bits per heavy atom. The number of fused-ring (bicyclic) bond motifs is 6. The van der Waals surface area contributed by atoms with E-state index in [2.05, 4.69) is 16.9 Å². The van der Waals surface area contributed by atoms with Crippen LogP contribution in [0.1, 0.15) is 46.0 Å². The van der Waals surface area contributed by atoms with Crippen LogP contribution in [0.15, 0.2) is 57.9 Å². The number of thioether (sulfide) groups is 1. The van der Waals surface area contributed by atoms with Crippen LogP contribution < -0.4 is 5.56 Å². The summed E-state index contributed by atoms with van der Waals surface area (Å²) in [5.74, 6) is -0.193. The van der Waals surface area contributed by atoms with Gasteiger partial charge in [-0.25, -0.2) is 4.98 Å². The quantitative estimate of drug-likeness (QED) is 0.527. The summed E-state index contributed by atoms with van der Waals surface area (Å²) in [5, 5.41) is 23.6. The zero-order valence-electron chi connectivity index (χ0n) is 21.1. The predicted molar refractivity (Wildman–Crippen MR) is 141 cm³/mol. The van der Waals surface area contributed by atoms with Crippen molar-refractivity contribution >= 4 is 34.4 Å². The van der Waals surface area contributed by atoms with Gasteiger partial charge in [-0.3, -0.25) is 14.4 Å². The second kappa shape index (κ2) is 8.48. The number of aromatic nitrogens is 2. The fraction of sp³-hybridized carbons (Fsp3) is 0.517. The van der Waals surface area contributed by atoms with Crippen LogP contribution in [0.5, 0.6) is 0 Å². The Morgan fingerprint density at radius 2 is 2.00 bits per heavy atom. The highest BCUT2D eigenvalue weighted by molar-refractivity contribution is 7.99. The molecule has 5 unspecified atom stereocenters. The van der Waals surface area contributed by atoms with Gasteiger partial charge in [-0.2, -0.15) is 0 Å². The molecule has 0 bridgehead atoms. The Balaban J connectivity index is 1.25. The summed E-state index contributed by atoms with van der Waals surface area (Å²) in [7, 11) is 0. The van der Waals surface area contributed by atoms with Crippen molar-refractivity contribution in [1.29, 1.82) is 0 Å². The number of hydrogen-bond acceptors (Lipinski definition) is 7. The molecule has 6 rings (SSSR count). The lowest BCUT2D eigenvalue weighted by atomic mass is 9.46. The average molecular weight is 521 g/mol. The van der Waals surface area contributed by atoms with E-state index in [-0.39, 0.29) is 51.1 Å². The molecule has 0 radical (unpaired) electrons. The predicted octanol–water partition coefficient (Wildman–Crippen LogP) is 3.59. The monoisotopic (exact) mass is 520 g/mol. The van der Waals surface area contributed by atoms with Crippen LogP contribution in [0.25, 0.3) is 11.0 Å². The number of carbonyl (C=O) groups is 2. The smallest absolute Gasteiger partial charge is 0.280 e. The minimum Gasteiger partial charge on any atom is -0.393 e. The lowest BCUT2D eigenvalue weighted by Gasteiger charge is -2.59. The SMILES string of the molecule is CC12C=CC(=O)C=C1CCC1C2[C@@H](O)CC2(C)C1CC[C@]2(O)C(=O)CSc1nc2ccccc2[nH]c1=O. The largest absolute Gasteiger partial charge is 0.393 e. The lowest BCUT2D eigenvalue weighted by molar-refractivity contribution is -0.174. The zero-order chi connectivity index (χ0) is 26.2. The van der Waals surface area contributed by atoms with Crippen molar-refractivity contribution in [3.8, 4) is 0 Å². The van der Waals surface area contributed by atoms with Gasteiger partial charge in [-0.05, 0) is 68.2 Å². The summed E-state index contributed by atoms with van der Waals surface area (Å²) in [6.07, 6.45) is 7.60. The van der Waals surface area contributed by atoms with Crippen LogP contribution in [0.4, 0.5) is 0 Å². The number of Topliss-reactive ketones (excluding diaryl/α,β-unsaturated/α-hetero) is 1. The van der Waals surface area contributed by atoms with E-state index >= 15 is 0 Å². The normalized spacial score (nSPS) is 38.6. The van der Waals surface area contributed by atoms with Crippen molar-refractivity contribution in [1.82, 2.24) is 9.97 Å². The van der Waals surface area contributed by atoms with Crippen molar-refractivity contribution in [3.05, 3.63) is 58.4 Å². The third-order valence-electron chi connectivity index (χ3n) is 10.0. The third-order valence-corrected chi connectivity index (χ3v) is 11.0. The van der Waals surface area contributed by atoms with Gasteiger partial charge in [-0.1, -0.05) is 49.4 Å². The third kappa shape index (κ3) is 3.56. The second-order valence-corrected chi connectivity index (χ2v) is 12.7. The Morgan fingerprint density at radius 3 is 2.81 bits per heavy atom. The van der Waals surface area contributed by atoms with Crippen molar-refractivity contribution < 1.29 is 19.8 Å². The number of allylic oxidation sites excluding steroid dienone is 4. The molecule has 1 aromatic carbocycles. The van der Waals surface area contributed by atoms with Crippen LogP contribution in [-0.2, 0) is 9.59 Å². The first-order valence-electron chi connectivity index (χ1n) is 13.1. The number of nitrogens with zero attached hydrogens (tertiary/aromatic N) is 1.